The summed E-state index contributed by atoms with van der Waals surface area (Å²) in [7, 11) is 0. The number of nitrogens with zero attached hydrogens (tertiary/aromatic N) is 7. The number of hydrogen-bond donors (Lipinski definition) is 0. The van der Waals surface area contributed by atoms with Crippen molar-refractivity contribution in [1.82, 2.24) is 34.5 Å². The van der Waals surface area contributed by atoms with E-state index in [2.05, 4.69) is 37.5 Å². The van der Waals surface area contributed by atoms with Gasteiger partial charge in [0.25, 0.3) is 0 Å². The van der Waals surface area contributed by atoms with Gasteiger partial charge in [0, 0.05) is 0 Å². The van der Waals surface area contributed by atoms with Crippen LogP contribution in [0.15, 0.2) is 91.0 Å². The van der Waals surface area contributed by atoms with Crippen molar-refractivity contribution in [3.8, 4) is 34.2 Å². The van der Waals surface area contributed by atoms with Gasteiger partial charge in [-0.15, -0.1) is 12.1 Å². The molecule has 0 bridgehead atoms. The summed E-state index contributed by atoms with van der Waals surface area (Å²) in [6.07, 6.45) is 0.382. The molecule has 4 heterocycles. The van der Waals surface area contributed by atoms with Crippen molar-refractivity contribution in [1.29, 1.82) is 0 Å². The van der Waals surface area contributed by atoms with Crippen LogP contribution in [-0.4, -0.2) is 34.5 Å². The first kappa shape index (κ1) is 29.9. The Hall–Kier alpha value is -4.57. The Morgan fingerprint density at radius 2 is 1.26 bits per heavy atom. The van der Waals surface area contributed by atoms with Crippen LogP contribution >= 0.6 is 0 Å². The Morgan fingerprint density at radius 1 is 0.628 bits per heavy atom. The van der Waals surface area contributed by atoms with Crippen molar-refractivity contribution in [3.63, 3.8) is 0 Å². The zero-order valence-electron chi connectivity index (χ0n) is 22.0. The maximum absolute atomic E-state index is 16.5. The molecule has 0 spiro atoms. The first-order chi connectivity index (χ1) is 20.1. The number of benzene rings is 2. The van der Waals surface area contributed by atoms with Gasteiger partial charge in [-0.3, -0.25) is 25.1 Å². The van der Waals surface area contributed by atoms with Gasteiger partial charge in [-0.05, 0) is 34.5 Å². The van der Waals surface area contributed by atoms with Crippen LogP contribution in [0.25, 0.3) is 34.2 Å². The number of halogens is 5. The number of aromatic nitrogens is 7. The van der Waals surface area contributed by atoms with E-state index in [1.165, 1.54) is 12.1 Å². The Morgan fingerprint density at radius 3 is 1.86 bits per heavy atom. The van der Waals surface area contributed by atoms with Crippen molar-refractivity contribution < 1.29 is 43.0 Å². The molecular weight excluding hydrogens is 748 g/mol. The van der Waals surface area contributed by atoms with Crippen molar-refractivity contribution in [2.45, 2.75) is 19.0 Å². The normalized spacial score (nSPS) is 11.8. The van der Waals surface area contributed by atoms with E-state index in [1.807, 2.05) is 0 Å². The second-order valence-corrected chi connectivity index (χ2v) is 9.24. The molecule has 0 N–H and O–H groups in total. The molecule has 6 rings (SSSR count). The van der Waals surface area contributed by atoms with Crippen molar-refractivity contribution in [2.24, 2.45) is 0 Å². The fourth-order valence-corrected chi connectivity index (χ4v) is 4.18. The molecule has 2 aromatic carbocycles. The van der Waals surface area contributed by atoms with Crippen LogP contribution in [0.1, 0.15) is 22.8 Å². The van der Waals surface area contributed by atoms with E-state index < -0.39 is 29.2 Å². The largest absolute Gasteiger partial charge is 2.00 e. The molecule has 218 valence electrons. The molecule has 0 atom stereocenters. The van der Waals surface area contributed by atoms with Gasteiger partial charge in [0.15, 0.2) is 0 Å². The summed E-state index contributed by atoms with van der Waals surface area (Å²) in [6, 6.07) is 23.1. The van der Waals surface area contributed by atoms with Crippen LogP contribution in [0.4, 0.5) is 22.0 Å². The first-order valence-electron chi connectivity index (χ1n) is 12.5. The van der Waals surface area contributed by atoms with Crippen molar-refractivity contribution >= 4 is 0 Å². The fourth-order valence-electron chi connectivity index (χ4n) is 4.18. The van der Waals surface area contributed by atoms with E-state index in [4.69, 9.17) is 0 Å². The molecule has 0 radical (unpaired) electrons. The Kier molecular flexibility index (Phi) is 8.07. The summed E-state index contributed by atoms with van der Waals surface area (Å²) in [6.45, 7) is 1.71. The van der Waals surface area contributed by atoms with Gasteiger partial charge in [0.2, 0.25) is 0 Å². The van der Waals surface area contributed by atoms with Gasteiger partial charge in [0.05, 0.1) is 17.2 Å². The van der Waals surface area contributed by atoms with E-state index in [0.29, 0.717) is 27.6 Å². The van der Waals surface area contributed by atoms with E-state index in [1.54, 1.807) is 73.7 Å². The average molecular weight is 767 g/mol. The zero-order chi connectivity index (χ0) is 29.5. The smallest absolute Gasteiger partial charge is 0.343 e. The Bertz CT molecular complexity index is 1870. The molecule has 0 aliphatic rings. The maximum Gasteiger partial charge on any atom is 2.00 e. The molecule has 0 aliphatic carbocycles. The minimum Gasteiger partial charge on any atom is -0.343 e. The van der Waals surface area contributed by atoms with Gasteiger partial charge < -0.3 is 9.36 Å². The summed E-state index contributed by atoms with van der Waals surface area (Å²) >= 11 is 0. The Balaban J connectivity index is 0.00000368. The third kappa shape index (κ3) is 6.15. The molecule has 6 aromatic rings. The molecule has 43 heavy (non-hydrogen) atoms. The van der Waals surface area contributed by atoms with Crippen LogP contribution in [0, 0.1) is 19.3 Å². The van der Waals surface area contributed by atoms with Gasteiger partial charge in [-0.2, -0.15) is 22.0 Å². The predicted octanol–water partition coefficient (Wildman–Crippen LogP) is 6.64. The molecule has 4 aromatic heterocycles. The van der Waals surface area contributed by atoms with Crippen LogP contribution in [-0.2, 0) is 33.2 Å². The van der Waals surface area contributed by atoms with E-state index in [9.17, 15) is 13.2 Å². The van der Waals surface area contributed by atoms with E-state index in [-0.39, 0.29) is 44.1 Å². The maximum atomic E-state index is 16.5. The molecule has 13 heteroatoms. The third-order valence-electron chi connectivity index (χ3n) is 6.23. The monoisotopic (exact) mass is 766 g/mol. The van der Waals surface area contributed by atoms with Crippen LogP contribution in [0.2, 0.25) is 0 Å². The predicted molar refractivity (Wildman–Crippen MR) is 142 cm³/mol. The minimum atomic E-state index is -4.75. The summed E-state index contributed by atoms with van der Waals surface area (Å²) in [4.78, 5) is 12.6. The summed E-state index contributed by atoms with van der Waals surface area (Å²) < 4.78 is 74.5. The third-order valence-corrected chi connectivity index (χ3v) is 6.23. The van der Waals surface area contributed by atoms with Crippen molar-refractivity contribution in [3.05, 3.63) is 126 Å². The fraction of sp³-hybridized carbons (Fsp3) is 0.100. The number of pyridine rings is 1. The molecule has 0 amide bonds. The van der Waals surface area contributed by atoms with Crippen LogP contribution in [0.5, 0.6) is 0 Å². The number of alkyl halides is 5. The van der Waals surface area contributed by atoms with Crippen LogP contribution in [0.3, 0.4) is 0 Å². The SMILES string of the molecule is Cc1c[c-]n(-c2nc(-c3ccccc3)cc(C(F)(F)c3cc(-c4ccccc4)cc(-n4[c-]cc(C(F)(F)F)n4)n3)n2)n1.[Pt+2]. The van der Waals surface area contributed by atoms with Gasteiger partial charge >= 0.3 is 33.2 Å². The molecule has 0 saturated carbocycles. The van der Waals surface area contributed by atoms with Gasteiger partial charge in [-0.1, -0.05) is 86.0 Å². The summed E-state index contributed by atoms with van der Waals surface area (Å²) in [5, 5.41) is 7.69. The second-order valence-electron chi connectivity index (χ2n) is 9.24. The minimum absolute atomic E-state index is 0. The van der Waals surface area contributed by atoms with Gasteiger partial charge in [0.1, 0.15) is 17.3 Å². The number of aryl methyl sites for hydroxylation is 1. The molecule has 7 nitrogen and oxygen atoms in total. The summed E-state index contributed by atoms with van der Waals surface area (Å²) in [5.74, 6) is -4.26. The first-order valence-corrected chi connectivity index (χ1v) is 12.5. The van der Waals surface area contributed by atoms with E-state index in [0.717, 1.165) is 10.7 Å². The topological polar surface area (TPSA) is 74.3 Å². The molecule has 0 aliphatic heterocycles. The van der Waals surface area contributed by atoms with E-state index >= 15 is 8.78 Å². The second kappa shape index (κ2) is 11.6. The number of rotatable bonds is 6. The Labute approximate surface area is 256 Å². The quantitative estimate of drug-likeness (QED) is 0.141. The van der Waals surface area contributed by atoms with Gasteiger partial charge in [-0.25, -0.2) is 0 Å². The summed E-state index contributed by atoms with van der Waals surface area (Å²) in [5.41, 5.74) is -0.546. The standard InChI is InChI=1S/C30H18F5N7.Pt/c1-19-12-14-42(39-19)28-36-23(21-10-6-3-7-11-21)18-26(38-28)29(31,32)25-16-22(20-8-4-2-5-9-20)17-27(37-25)41-15-13-24(40-41)30(33,34)35;/h2-13,16-18H,1H3;/q-2;+2. The molecular formula is C30H18F5N7Pt. The molecule has 0 fully saturated rings. The molecule has 0 unspecified atom stereocenters. The average Bonchev–Trinajstić information content (AvgIpc) is 3.68. The molecule has 0 saturated heterocycles. The van der Waals surface area contributed by atoms with Crippen molar-refractivity contribution in [2.75, 3.05) is 0 Å². The zero-order valence-corrected chi connectivity index (χ0v) is 24.3. The van der Waals surface area contributed by atoms with Crippen LogP contribution < -0.4 is 0 Å². The number of hydrogen-bond acceptors (Lipinski definition) is 5.